The van der Waals surface area contributed by atoms with Gasteiger partial charge in [0.05, 0.1) is 0 Å². The highest BCUT2D eigenvalue weighted by Crippen LogP contribution is 2.47. The third-order valence-corrected chi connectivity index (χ3v) is 5.09. The van der Waals surface area contributed by atoms with E-state index >= 15 is 0 Å². The van der Waals surface area contributed by atoms with Crippen molar-refractivity contribution in [2.45, 2.75) is 62.7 Å². The minimum atomic E-state index is 0.349. The molecule has 2 aliphatic carbocycles. The predicted octanol–water partition coefficient (Wildman–Crippen LogP) is 4.11. The molecule has 98 valence electrons. The third kappa shape index (κ3) is 2.33. The van der Waals surface area contributed by atoms with Gasteiger partial charge in [0.15, 0.2) is 0 Å². The van der Waals surface area contributed by atoms with Gasteiger partial charge in [-0.1, -0.05) is 49.9 Å². The first-order chi connectivity index (χ1) is 8.84. The molecule has 1 heteroatoms. The van der Waals surface area contributed by atoms with Crippen LogP contribution in [0, 0.1) is 0 Å². The van der Waals surface area contributed by atoms with Crippen molar-refractivity contribution in [3.8, 4) is 0 Å². The fourth-order valence-corrected chi connectivity index (χ4v) is 3.48. The van der Waals surface area contributed by atoms with E-state index in [1.807, 2.05) is 0 Å². The molecule has 0 spiro atoms. The van der Waals surface area contributed by atoms with Crippen molar-refractivity contribution in [2.24, 2.45) is 5.73 Å². The van der Waals surface area contributed by atoms with Gasteiger partial charge >= 0.3 is 0 Å². The SMILES string of the molecule is NCC1(c2ccc(C3CCCCCC3)cc2)CC1. The molecule has 1 nitrogen and oxygen atoms in total. The first kappa shape index (κ1) is 12.2. The van der Waals surface area contributed by atoms with Crippen LogP contribution < -0.4 is 5.73 Å². The Kier molecular flexibility index (Phi) is 3.43. The molecule has 18 heavy (non-hydrogen) atoms. The van der Waals surface area contributed by atoms with E-state index in [-0.39, 0.29) is 0 Å². The van der Waals surface area contributed by atoms with Gasteiger partial charge in [-0.3, -0.25) is 0 Å². The summed E-state index contributed by atoms with van der Waals surface area (Å²) in [5, 5.41) is 0. The average Bonchev–Trinajstić information content (AvgIpc) is 3.24. The van der Waals surface area contributed by atoms with Gasteiger partial charge in [0.2, 0.25) is 0 Å². The van der Waals surface area contributed by atoms with E-state index in [2.05, 4.69) is 24.3 Å². The van der Waals surface area contributed by atoms with E-state index in [1.54, 1.807) is 5.56 Å². The Morgan fingerprint density at radius 2 is 1.56 bits per heavy atom. The summed E-state index contributed by atoms with van der Waals surface area (Å²) in [4.78, 5) is 0. The summed E-state index contributed by atoms with van der Waals surface area (Å²) in [6, 6.07) is 9.45. The summed E-state index contributed by atoms with van der Waals surface area (Å²) in [7, 11) is 0. The molecule has 2 saturated carbocycles. The van der Waals surface area contributed by atoms with Gasteiger partial charge in [-0.25, -0.2) is 0 Å². The summed E-state index contributed by atoms with van der Waals surface area (Å²) in [6.07, 6.45) is 11.1. The van der Waals surface area contributed by atoms with Crippen LogP contribution in [0.25, 0.3) is 0 Å². The molecule has 0 saturated heterocycles. The molecule has 2 aliphatic rings. The topological polar surface area (TPSA) is 26.0 Å². The lowest BCUT2D eigenvalue weighted by Crippen LogP contribution is -2.19. The molecule has 1 aromatic carbocycles. The van der Waals surface area contributed by atoms with Gasteiger partial charge in [-0.2, -0.15) is 0 Å². The third-order valence-electron chi connectivity index (χ3n) is 5.09. The van der Waals surface area contributed by atoms with Crippen LogP contribution >= 0.6 is 0 Å². The Balaban J connectivity index is 1.74. The summed E-state index contributed by atoms with van der Waals surface area (Å²) >= 11 is 0. The Hall–Kier alpha value is -0.820. The monoisotopic (exact) mass is 243 g/mol. The van der Waals surface area contributed by atoms with E-state index < -0.39 is 0 Å². The Labute approximate surface area is 111 Å². The van der Waals surface area contributed by atoms with Crippen LogP contribution in [0.3, 0.4) is 0 Å². The van der Waals surface area contributed by atoms with Gasteiger partial charge in [-0.15, -0.1) is 0 Å². The molecule has 3 rings (SSSR count). The maximum atomic E-state index is 5.90. The van der Waals surface area contributed by atoms with Crippen molar-refractivity contribution in [3.05, 3.63) is 35.4 Å². The minimum absolute atomic E-state index is 0.349. The second kappa shape index (κ2) is 5.05. The number of benzene rings is 1. The van der Waals surface area contributed by atoms with Gasteiger partial charge in [-0.05, 0) is 42.7 Å². The Morgan fingerprint density at radius 1 is 0.944 bits per heavy atom. The zero-order valence-corrected chi connectivity index (χ0v) is 11.3. The second-order valence-electron chi connectivity index (χ2n) is 6.29. The molecule has 2 fully saturated rings. The van der Waals surface area contributed by atoms with Crippen molar-refractivity contribution in [3.63, 3.8) is 0 Å². The lowest BCUT2D eigenvalue weighted by Gasteiger charge is -2.17. The smallest absolute Gasteiger partial charge is 0.00762 e. The zero-order chi connectivity index (χ0) is 12.4. The number of nitrogens with two attached hydrogens (primary N) is 1. The highest BCUT2D eigenvalue weighted by molar-refractivity contribution is 5.35. The van der Waals surface area contributed by atoms with Crippen LogP contribution in [0.2, 0.25) is 0 Å². The normalized spacial score (nSPS) is 23.6. The lowest BCUT2D eigenvalue weighted by molar-refractivity contribution is 0.591. The molecule has 0 aliphatic heterocycles. The van der Waals surface area contributed by atoms with Crippen LogP contribution in [-0.2, 0) is 5.41 Å². The van der Waals surface area contributed by atoms with E-state index in [1.165, 1.54) is 56.9 Å². The fraction of sp³-hybridized carbons (Fsp3) is 0.647. The first-order valence-electron chi connectivity index (χ1n) is 7.65. The van der Waals surface area contributed by atoms with E-state index in [0.29, 0.717) is 5.41 Å². The van der Waals surface area contributed by atoms with E-state index in [0.717, 1.165) is 12.5 Å². The summed E-state index contributed by atoms with van der Waals surface area (Å²) in [5.41, 5.74) is 9.29. The van der Waals surface area contributed by atoms with Crippen LogP contribution in [0.15, 0.2) is 24.3 Å². The molecule has 0 atom stereocenters. The van der Waals surface area contributed by atoms with Crippen molar-refractivity contribution in [1.82, 2.24) is 0 Å². The Morgan fingerprint density at radius 3 is 2.06 bits per heavy atom. The van der Waals surface area contributed by atoms with E-state index in [9.17, 15) is 0 Å². The van der Waals surface area contributed by atoms with Crippen LogP contribution in [-0.4, -0.2) is 6.54 Å². The Bertz CT molecular complexity index is 381. The van der Waals surface area contributed by atoms with Crippen molar-refractivity contribution in [2.75, 3.05) is 6.54 Å². The average molecular weight is 243 g/mol. The number of rotatable bonds is 3. The highest BCUT2D eigenvalue weighted by Gasteiger charge is 2.42. The zero-order valence-electron chi connectivity index (χ0n) is 11.3. The first-order valence-corrected chi connectivity index (χ1v) is 7.65. The molecule has 0 amide bonds. The van der Waals surface area contributed by atoms with E-state index in [4.69, 9.17) is 5.73 Å². The van der Waals surface area contributed by atoms with Gasteiger partial charge < -0.3 is 5.73 Å². The summed E-state index contributed by atoms with van der Waals surface area (Å²) < 4.78 is 0. The molecule has 0 unspecified atom stereocenters. The standard InChI is InChI=1S/C17H25N/c18-13-17(11-12-17)16-9-7-15(8-10-16)14-5-3-1-2-4-6-14/h7-10,14H,1-6,11-13,18H2. The summed E-state index contributed by atoms with van der Waals surface area (Å²) in [6.45, 7) is 0.815. The summed E-state index contributed by atoms with van der Waals surface area (Å²) in [5.74, 6) is 0.814. The van der Waals surface area contributed by atoms with Crippen LogP contribution in [0.1, 0.15) is 68.4 Å². The fourth-order valence-electron chi connectivity index (χ4n) is 3.48. The molecule has 0 radical (unpaired) electrons. The van der Waals surface area contributed by atoms with Crippen molar-refractivity contribution in [1.29, 1.82) is 0 Å². The maximum absolute atomic E-state index is 5.90. The molecule has 0 aromatic heterocycles. The molecule has 1 aromatic rings. The van der Waals surface area contributed by atoms with Crippen LogP contribution in [0.5, 0.6) is 0 Å². The van der Waals surface area contributed by atoms with Crippen molar-refractivity contribution >= 4 is 0 Å². The number of hydrogen-bond acceptors (Lipinski definition) is 1. The lowest BCUT2D eigenvalue weighted by atomic mass is 9.88. The van der Waals surface area contributed by atoms with Gasteiger partial charge in [0.1, 0.15) is 0 Å². The quantitative estimate of drug-likeness (QED) is 0.794. The molecular weight excluding hydrogens is 218 g/mol. The molecule has 2 N–H and O–H groups in total. The molecular formula is C17H25N. The van der Waals surface area contributed by atoms with Gasteiger partial charge in [0, 0.05) is 12.0 Å². The van der Waals surface area contributed by atoms with Crippen LogP contribution in [0.4, 0.5) is 0 Å². The van der Waals surface area contributed by atoms with Crippen molar-refractivity contribution < 1.29 is 0 Å². The second-order valence-corrected chi connectivity index (χ2v) is 6.29. The highest BCUT2D eigenvalue weighted by atomic mass is 14.7. The predicted molar refractivity (Wildman–Crippen MR) is 76.9 cm³/mol. The van der Waals surface area contributed by atoms with Gasteiger partial charge in [0.25, 0.3) is 0 Å². The molecule has 0 heterocycles. The minimum Gasteiger partial charge on any atom is -0.330 e. The maximum Gasteiger partial charge on any atom is 0.00762 e. The largest absolute Gasteiger partial charge is 0.330 e. The molecule has 0 bridgehead atoms. The number of hydrogen-bond donors (Lipinski definition) is 1.